The van der Waals surface area contributed by atoms with Crippen LogP contribution in [0.2, 0.25) is 0 Å². The molecule has 1 aliphatic rings. The second kappa shape index (κ2) is 8.98. The summed E-state index contributed by atoms with van der Waals surface area (Å²) in [5.74, 6) is -0.343. The van der Waals surface area contributed by atoms with Gasteiger partial charge >= 0.3 is 6.18 Å². The second-order valence-electron chi connectivity index (χ2n) is 9.68. The largest absolute Gasteiger partial charge is 0.418 e. The van der Waals surface area contributed by atoms with Crippen molar-refractivity contribution < 1.29 is 17.6 Å². The van der Waals surface area contributed by atoms with Crippen molar-refractivity contribution in [1.29, 1.82) is 0 Å². The minimum absolute atomic E-state index is 0.0237. The summed E-state index contributed by atoms with van der Waals surface area (Å²) >= 11 is 5.65. The molecule has 1 fully saturated rings. The molecule has 2 N–H and O–H groups in total. The van der Waals surface area contributed by atoms with Gasteiger partial charge in [0.05, 0.1) is 11.3 Å². The lowest BCUT2D eigenvalue weighted by atomic mass is 9.79. The maximum atomic E-state index is 13.5. The molecule has 0 bridgehead atoms. The molecule has 8 heteroatoms. The van der Waals surface area contributed by atoms with Crippen molar-refractivity contribution in [3.8, 4) is 0 Å². The van der Waals surface area contributed by atoms with E-state index in [1.807, 2.05) is 4.90 Å². The highest BCUT2D eigenvalue weighted by Gasteiger charge is 2.41. The minimum Gasteiger partial charge on any atom is -0.342 e. The van der Waals surface area contributed by atoms with Crippen LogP contribution in [-0.4, -0.2) is 27.1 Å². The van der Waals surface area contributed by atoms with Gasteiger partial charge in [0.15, 0.2) is 5.11 Å². The van der Waals surface area contributed by atoms with Crippen molar-refractivity contribution in [1.82, 2.24) is 10.2 Å². The van der Waals surface area contributed by atoms with Gasteiger partial charge < -0.3 is 15.5 Å². The second-order valence-corrected chi connectivity index (χ2v) is 10.1. The highest BCUT2D eigenvalue weighted by Crippen LogP contribution is 2.36. The van der Waals surface area contributed by atoms with Crippen molar-refractivity contribution in [2.24, 2.45) is 0 Å². The number of hydrogen-bond donors (Lipinski definition) is 2. The van der Waals surface area contributed by atoms with Gasteiger partial charge in [0.2, 0.25) is 0 Å². The quantitative estimate of drug-likeness (QED) is 0.405. The molecule has 0 spiro atoms. The Bertz CT molecular complexity index is 938. The van der Waals surface area contributed by atoms with Crippen LogP contribution in [0.25, 0.3) is 0 Å². The first-order valence-electron chi connectivity index (χ1n) is 10.5. The number of piperidine rings is 1. The number of halogens is 4. The fraction of sp³-hybridized carbons (Fsp3) is 0.458. The number of benzene rings is 2. The van der Waals surface area contributed by atoms with Gasteiger partial charge in [-0.15, -0.1) is 0 Å². The molecule has 2 aromatic rings. The highest BCUT2D eigenvalue weighted by molar-refractivity contribution is 7.80. The third-order valence-electron chi connectivity index (χ3n) is 5.61. The Hall–Kier alpha value is -2.19. The fourth-order valence-corrected chi connectivity index (χ4v) is 4.99. The van der Waals surface area contributed by atoms with Gasteiger partial charge in [-0.25, -0.2) is 4.39 Å². The first kappa shape index (κ1) is 24.5. The molecule has 1 heterocycles. The number of hydrogen-bond acceptors (Lipinski definition) is 2. The van der Waals surface area contributed by atoms with Crippen molar-refractivity contribution in [3.63, 3.8) is 0 Å². The predicted molar refractivity (Wildman–Crippen MR) is 124 cm³/mol. The van der Waals surface area contributed by atoms with Crippen LogP contribution in [-0.2, 0) is 12.7 Å². The van der Waals surface area contributed by atoms with Crippen molar-refractivity contribution in [2.75, 3.05) is 5.32 Å². The van der Waals surface area contributed by atoms with Crippen LogP contribution < -0.4 is 10.6 Å². The summed E-state index contributed by atoms with van der Waals surface area (Å²) in [5, 5.41) is 6.67. The molecule has 2 aromatic carbocycles. The Kier molecular flexibility index (Phi) is 6.86. The molecule has 0 radical (unpaired) electrons. The molecule has 32 heavy (non-hydrogen) atoms. The summed E-state index contributed by atoms with van der Waals surface area (Å²) in [6.07, 6.45) is -3.00. The molecule has 174 valence electrons. The van der Waals surface area contributed by atoms with E-state index >= 15 is 0 Å². The summed E-state index contributed by atoms with van der Waals surface area (Å²) in [6, 6.07) is 11.4. The maximum absolute atomic E-state index is 13.5. The predicted octanol–water partition coefficient (Wildman–Crippen LogP) is 6.35. The van der Waals surface area contributed by atoms with E-state index in [4.69, 9.17) is 12.2 Å². The number of para-hydroxylation sites is 1. The van der Waals surface area contributed by atoms with Crippen LogP contribution >= 0.6 is 12.2 Å². The summed E-state index contributed by atoms with van der Waals surface area (Å²) in [6.45, 7) is 8.77. The topological polar surface area (TPSA) is 27.3 Å². The Morgan fingerprint density at radius 3 is 2.16 bits per heavy atom. The first-order valence-corrected chi connectivity index (χ1v) is 10.9. The molecular weight excluding hydrogens is 438 g/mol. The lowest BCUT2D eigenvalue weighted by Crippen LogP contribution is -2.63. The molecule has 0 aliphatic carbocycles. The van der Waals surface area contributed by atoms with Crippen LogP contribution in [0, 0.1) is 5.82 Å². The third kappa shape index (κ3) is 6.19. The first-order chi connectivity index (χ1) is 14.8. The monoisotopic (exact) mass is 467 g/mol. The highest BCUT2D eigenvalue weighted by atomic mass is 32.1. The summed E-state index contributed by atoms with van der Waals surface area (Å²) in [4.78, 5) is 1.93. The lowest BCUT2D eigenvalue weighted by Gasteiger charge is -2.50. The average Bonchev–Trinajstić information content (AvgIpc) is 2.64. The van der Waals surface area contributed by atoms with Gasteiger partial charge in [0.25, 0.3) is 0 Å². The number of anilines is 1. The summed E-state index contributed by atoms with van der Waals surface area (Å²) < 4.78 is 53.9. The van der Waals surface area contributed by atoms with Crippen molar-refractivity contribution in [2.45, 2.75) is 70.4 Å². The smallest absolute Gasteiger partial charge is 0.342 e. The Labute approximate surface area is 192 Å². The number of rotatable bonds is 4. The summed E-state index contributed by atoms with van der Waals surface area (Å²) in [7, 11) is 0. The fourth-order valence-electron chi connectivity index (χ4n) is 4.67. The molecule has 0 saturated carbocycles. The zero-order chi connectivity index (χ0) is 23.7. The molecule has 3 rings (SSSR count). The minimum atomic E-state index is -4.50. The van der Waals surface area contributed by atoms with Crippen LogP contribution in [0.15, 0.2) is 48.5 Å². The van der Waals surface area contributed by atoms with E-state index < -0.39 is 11.7 Å². The van der Waals surface area contributed by atoms with E-state index in [1.54, 1.807) is 18.2 Å². The SMILES string of the molecule is CC1(C)CC(N(Cc2ccc(F)cc2)C(=S)Nc2ccccc2C(F)(F)F)CC(C)(C)N1. The Morgan fingerprint density at radius 2 is 1.59 bits per heavy atom. The van der Waals surface area contributed by atoms with Crippen LogP contribution in [0.4, 0.5) is 23.2 Å². The van der Waals surface area contributed by atoms with E-state index in [0.29, 0.717) is 6.54 Å². The average molecular weight is 468 g/mol. The van der Waals surface area contributed by atoms with E-state index in [1.165, 1.54) is 24.3 Å². The lowest BCUT2D eigenvalue weighted by molar-refractivity contribution is -0.136. The van der Waals surface area contributed by atoms with Crippen molar-refractivity contribution >= 4 is 23.0 Å². The van der Waals surface area contributed by atoms with E-state index in [9.17, 15) is 17.6 Å². The van der Waals surface area contributed by atoms with E-state index in [0.717, 1.165) is 24.5 Å². The molecule has 0 atom stereocenters. The maximum Gasteiger partial charge on any atom is 0.418 e. The van der Waals surface area contributed by atoms with Gasteiger partial charge in [0.1, 0.15) is 5.82 Å². The molecule has 1 aliphatic heterocycles. The zero-order valence-electron chi connectivity index (χ0n) is 18.7. The molecule has 0 amide bonds. The third-order valence-corrected chi connectivity index (χ3v) is 5.95. The zero-order valence-corrected chi connectivity index (χ0v) is 19.5. The van der Waals surface area contributed by atoms with Gasteiger partial charge in [0, 0.05) is 23.7 Å². The van der Waals surface area contributed by atoms with E-state index in [-0.39, 0.29) is 33.7 Å². The standard InChI is InChI=1S/C24H29F4N3S/c1-22(2)13-18(14-23(3,4)30-22)31(15-16-9-11-17(25)12-10-16)21(32)29-20-8-6-5-7-19(20)24(26,27)28/h5-12,18,30H,13-15H2,1-4H3,(H,29,32). The van der Waals surface area contributed by atoms with Gasteiger partial charge in [-0.05, 0) is 82.6 Å². The number of thiocarbonyl (C=S) groups is 1. The normalized spacial score (nSPS) is 18.2. The number of nitrogens with zero attached hydrogens (tertiary/aromatic N) is 1. The molecule has 0 unspecified atom stereocenters. The van der Waals surface area contributed by atoms with Crippen molar-refractivity contribution in [3.05, 3.63) is 65.5 Å². The van der Waals surface area contributed by atoms with Crippen LogP contribution in [0.3, 0.4) is 0 Å². The number of alkyl halides is 3. The Balaban J connectivity index is 1.93. The molecule has 3 nitrogen and oxygen atoms in total. The van der Waals surface area contributed by atoms with Crippen LogP contribution in [0.1, 0.15) is 51.7 Å². The van der Waals surface area contributed by atoms with Gasteiger partial charge in [-0.1, -0.05) is 24.3 Å². The Morgan fingerprint density at radius 1 is 1.03 bits per heavy atom. The summed E-state index contributed by atoms with van der Waals surface area (Å²) in [5.41, 5.74) is -0.398. The number of nitrogens with one attached hydrogen (secondary N) is 2. The molecule has 1 saturated heterocycles. The molecular formula is C24H29F4N3S. The molecule has 0 aromatic heterocycles. The van der Waals surface area contributed by atoms with E-state index in [2.05, 4.69) is 38.3 Å². The van der Waals surface area contributed by atoms with Gasteiger partial charge in [-0.3, -0.25) is 0 Å². The van der Waals surface area contributed by atoms with Crippen LogP contribution in [0.5, 0.6) is 0 Å². The van der Waals surface area contributed by atoms with Gasteiger partial charge in [-0.2, -0.15) is 13.2 Å².